The minimum absolute atomic E-state index is 0.204. The van der Waals surface area contributed by atoms with Crippen LogP contribution in [0.1, 0.15) is 54.6 Å². The number of hydrogen-bond donors (Lipinski definition) is 1. The zero-order valence-corrected chi connectivity index (χ0v) is 14.7. The highest BCUT2D eigenvalue weighted by atomic mass is 16.5. The number of carbonyl (C=O) groups excluding carboxylic acids is 1. The molecule has 0 bridgehead atoms. The van der Waals surface area contributed by atoms with Crippen LogP contribution in [0.15, 0.2) is 53.6 Å². The van der Waals surface area contributed by atoms with E-state index < -0.39 is 0 Å². The lowest BCUT2D eigenvalue weighted by atomic mass is 10.0. The summed E-state index contributed by atoms with van der Waals surface area (Å²) in [6, 6.07) is 15.3. The number of ether oxygens (including phenoxy) is 1. The summed E-state index contributed by atoms with van der Waals surface area (Å²) >= 11 is 0. The second-order valence-electron chi connectivity index (χ2n) is 5.86. The second-order valence-corrected chi connectivity index (χ2v) is 5.86. The first kappa shape index (κ1) is 17.7. The number of amides is 1. The first-order chi connectivity index (χ1) is 11.5. The SMILES string of the molecule is CC/C(=N\NC(=O)c1ccc(C(C)C)cc1)c1ccc(OC)cc1. The molecule has 0 aromatic heterocycles. The second kappa shape index (κ2) is 8.29. The van der Waals surface area contributed by atoms with Crippen LogP contribution < -0.4 is 10.2 Å². The number of rotatable bonds is 6. The van der Waals surface area contributed by atoms with Gasteiger partial charge in [-0.3, -0.25) is 4.79 Å². The number of carbonyl (C=O) groups is 1. The van der Waals surface area contributed by atoms with Gasteiger partial charge in [-0.2, -0.15) is 5.10 Å². The van der Waals surface area contributed by atoms with E-state index in [-0.39, 0.29) is 5.91 Å². The Bertz CT molecular complexity index is 701. The fraction of sp³-hybridized carbons (Fsp3) is 0.300. The van der Waals surface area contributed by atoms with Crippen LogP contribution in [0.2, 0.25) is 0 Å². The van der Waals surface area contributed by atoms with Crippen LogP contribution in [0, 0.1) is 0 Å². The molecule has 0 aliphatic heterocycles. The van der Waals surface area contributed by atoms with Crippen LogP contribution in [-0.4, -0.2) is 18.7 Å². The molecule has 0 spiro atoms. The summed E-state index contributed by atoms with van der Waals surface area (Å²) in [6.45, 7) is 6.26. The third-order valence-corrected chi connectivity index (χ3v) is 3.89. The summed E-state index contributed by atoms with van der Waals surface area (Å²) in [5.41, 5.74) is 6.25. The van der Waals surface area contributed by atoms with Crippen LogP contribution >= 0.6 is 0 Å². The van der Waals surface area contributed by atoms with E-state index in [2.05, 4.69) is 24.4 Å². The Morgan fingerprint density at radius 2 is 1.62 bits per heavy atom. The Morgan fingerprint density at radius 3 is 2.12 bits per heavy atom. The van der Waals surface area contributed by atoms with Gasteiger partial charge in [0.25, 0.3) is 5.91 Å². The molecule has 0 saturated carbocycles. The first-order valence-corrected chi connectivity index (χ1v) is 8.16. The van der Waals surface area contributed by atoms with E-state index in [1.165, 1.54) is 5.56 Å². The maximum atomic E-state index is 12.2. The van der Waals surface area contributed by atoms with Crippen LogP contribution in [0.25, 0.3) is 0 Å². The number of nitrogens with one attached hydrogen (secondary N) is 1. The van der Waals surface area contributed by atoms with Gasteiger partial charge in [0.15, 0.2) is 0 Å². The molecule has 0 radical (unpaired) electrons. The molecule has 1 amide bonds. The van der Waals surface area contributed by atoms with Crippen LogP contribution in [0.5, 0.6) is 5.75 Å². The number of hydrogen-bond acceptors (Lipinski definition) is 3. The molecule has 0 heterocycles. The van der Waals surface area contributed by atoms with Crippen molar-refractivity contribution in [3.05, 3.63) is 65.2 Å². The van der Waals surface area contributed by atoms with E-state index in [0.717, 1.165) is 23.4 Å². The van der Waals surface area contributed by atoms with Crippen LogP contribution in [-0.2, 0) is 0 Å². The van der Waals surface area contributed by atoms with E-state index in [1.807, 2.05) is 55.5 Å². The molecule has 126 valence electrons. The largest absolute Gasteiger partial charge is 0.497 e. The molecule has 2 aromatic rings. The van der Waals surface area contributed by atoms with Crippen molar-refractivity contribution in [3.8, 4) is 5.75 Å². The molecule has 4 heteroatoms. The number of benzene rings is 2. The van der Waals surface area contributed by atoms with E-state index in [9.17, 15) is 4.79 Å². The molecule has 24 heavy (non-hydrogen) atoms. The summed E-state index contributed by atoms with van der Waals surface area (Å²) in [4.78, 5) is 12.2. The quantitative estimate of drug-likeness (QED) is 0.634. The summed E-state index contributed by atoms with van der Waals surface area (Å²) in [5.74, 6) is 1.04. The monoisotopic (exact) mass is 324 g/mol. The summed E-state index contributed by atoms with van der Waals surface area (Å²) in [6.07, 6.45) is 0.721. The van der Waals surface area contributed by atoms with Crippen molar-refractivity contribution < 1.29 is 9.53 Å². The van der Waals surface area contributed by atoms with Gasteiger partial charge in [-0.25, -0.2) is 5.43 Å². The first-order valence-electron chi connectivity index (χ1n) is 8.16. The Labute approximate surface area is 143 Å². The molecule has 0 aliphatic carbocycles. The minimum atomic E-state index is -0.204. The summed E-state index contributed by atoms with van der Waals surface area (Å²) in [7, 11) is 1.63. The highest BCUT2D eigenvalue weighted by Gasteiger charge is 2.07. The molecule has 1 N–H and O–H groups in total. The van der Waals surface area contributed by atoms with Gasteiger partial charge in [-0.1, -0.05) is 32.9 Å². The van der Waals surface area contributed by atoms with Gasteiger partial charge in [0.1, 0.15) is 5.75 Å². The molecule has 0 fully saturated rings. The van der Waals surface area contributed by atoms with Crippen molar-refractivity contribution in [3.63, 3.8) is 0 Å². The molecular weight excluding hydrogens is 300 g/mol. The Morgan fingerprint density at radius 1 is 1.04 bits per heavy atom. The third-order valence-electron chi connectivity index (χ3n) is 3.89. The van der Waals surface area contributed by atoms with Crippen molar-refractivity contribution in [1.82, 2.24) is 5.43 Å². The average molecular weight is 324 g/mol. The van der Waals surface area contributed by atoms with Crippen molar-refractivity contribution in [2.45, 2.75) is 33.1 Å². The van der Waals surface area contributed by atoms with E-state index in [4.69, 9.17) is 4.74 Å². The highest BCUT2D eigenvalue weighted by Crippen LogP contribution is 2.15. The lowest BCUT2D eigenvalue weighted by Gasteiger charge is -2.08. The maximum Gasteiger partial charge on any atom is 0.271 e. The van der Waals surface area contributed by atoms with Gasteiger partial charge in [-0.15, -0.1) is 0 Å². The molecule has 0 unspecified atom stereocenters. The van der Waals surface area contributed by atoms with Gasteiger partial charge in [-0.05, 0) is 59.9 Å². The predicted molar refractivity (Wildman–Crippen MR) is 97.8 cm³/mol. The van der Waals surface area contributed by atoms with Crippen molar-refractivity contribution in [1.29, 1.82) is 0 Å². The number of hydrazone groups is 1. The van der Waals surface area contributed by atoms with E-state index >= 15 is 0 Å². The maximum absolute atomic E-state index is 12.2. The average Bonchev–Trinajstić information content (AvgIpc) is 2.62. The molecule has 2 rings (SSSR count). The van der Waals surface area contributed by atoms with Crippen molar-refractivity contribution >= 4 is 11.6 Å². The molecule has 0 aliphatic rings. The molecular formula is C20H24N2O2. The van der Waals surface area contributed by atoms with Crippen molar-refractivity contribution in [2.75, 3.05) is 7.11 Å². The molecule has 0 saturated heterocycles. The van der Waals surface area contributed by atoms with Gasteiger partial charge >= 0.3 is 0 Å². The highest BCUT2D eigenvalue weighted by molar-refractivity contribution is 6.02. The number of methoxy groups -OCH3 is 1. The lowest BCUT2D eigenvalue weighted by Crippen LogP contribution is -2.20. The fourth-order valence-electron chi connectivity index (χ4n) is 2.33. The summed E-state index contributed by atoms with van der Waals surface area (Å²) < 4.78 is 5.16. The standard InChI is InChI=1S/C20H24N2O2/c1-5-19(16-10-12-18(24-4)13-11-16)21-22-20(23)17-8-6-15(7-9-17)14(2)3/h6-14H,5H2,1-4H3,(H,22,23)/b21-19+. The van der Waals surface area contributed by atoms with Gasteiger partial charge in [0, 0.05) is 5.56 Å². The van der Waals surface area contributed by atoms with Crippen LogP contribution in [0.4, 0.5) is 0 Å². The smallest absolute Gasteiger partial charge is 0.271 e. The van der Waals surface area contributed by atoms with E-state index in [1.54, 1.807) is 7.11 Å². The normalized spacial score (nSPS) is 11.5. The predicted octanol–water partition coefficient (Wildman–Crippen LogP) is 4.36. The van der Waals surface area contributed by atoms with Gasteiger partial charge < -0.3 is 4.74 Å². The number of nitrogens with zero attached hydrogens (tertiary/aromatic N) is 1. The van der Waals surface area contributed by atoms with Gasteiger partial charge in [0.05, 0.1) is 12.8 Å². The zero-order chi connectivity index (χ0) is 17.5. The van der Waals surface area contributed by atoms with Crippen molar-refractivity contribution in [2.24, 2.45) is 5.10 Å². The topological polar surface area (TPSA) is 50.7 Å². The fourth-order valence-corrected chi connectivity index (χ4v) is 2.33. The third kappa shape index (κ3) is 4.44. The van der Waals surface area contributed by atoms with Gasteiger partial charge in [0.2, 0.25) is 0 Å². The lowest BCUT2D eigenvalue weighted by molar-refractivity contribution is 0.0955. The van der Waals surface area contributed by atoms with Crippen LogP contribution in [0.3, 0.4) is 0 Å². The summed E-state index contributed by atoms with van der Waals surface area (Å²) in [5, 5.41) is 4.28. The molecule has 2 aromatic carbocycles. The molecule has 0 atom stereocenters. The Kier molecular flexibility index (Phi) is 6.13. The minimum Gasteiger partial charge on any atom is -0.497 e. The molecule has 4 nitrogen and oxygen atoms in total. The van der Waals surface area contributed by atoms with E-state index in [0.29, 0.717) is 11.5 Å². The Balaban J connectivity index is 2.09. The zero-order valence-electron chi connectivity index (χ0n) is 14.7. The Hall–Kier alpha value is -2.62.